The third kappa shape index (κ3) is 2.69. The Morgan fingerprint density at radius 3 is 2.73 bits per heavy atom. The summed E-state index contributed by atoms with van der Waals surface area (Å²) in [6.45, 7) is 4.78. The Morgan fingerprint density at radius 2 is 2.20 bits per heavy atom. The van der Waals surface area contributed by atoms with Crippen LogP contribution >= 0.6 is 0 Å². The van der Waals surface area contributed by atoms with E-state index in [0.29, 0.717) is 12.1 Å². The van der Waals surface area contributed by atoms with Crippen molar-refractivity contribution in [3.63, 3.8) is 0 Å². The van der Waals surface area contributed by atoms with Crippen molar-refractivity contribution in [1.29, 1.82) is 0 Å². The van der Waals surface area contributed by atoms with E-state index < -0.39 is 5.97 Å². The molecule has 1 aliphatic carbocycles. The fourth-order valence-corrected chi connectivity index (χ4v) is 2.49. The summed E-state index contributed by atoms with van der Waals surface area (Å²) in [6, 6.07) is 1.04. The van der Waals surface area contributed by atoms with Gasteiger partial charge >= 0.3 is 5.97 Å². The van der Waals surface area contributed by atoms with Crippen molar-refractivity contribution in [1.82, 2.24) is 10.2 Å². The van der Waals surface area contributed by atoms with Crippen LogP contribution in [0.1, 0.15) is 26.2 Å². The fraction of sp³-hybridized carbons (Fsp3) is 0.909. The number of aliphatic carboxylic acids is 1. The van der Waals surface area contributed by atoms with E-state index in [1.165, 1.54) is 12.8 Å². The summed E-state index contributed by atoms with van der Waals surface area (Å²) in [4.78, 5) is 13.4. The Kier molecular flexibility index (Phi) is 3.26. The van der Waals surface area contributed by atoms with Crippen LogP contribution in [0.2, 0.25) is 0 Å². The number of rotatable bonds is 4. The van der Waals surface area contributed by atoms with Crippen molar-refractivity contribution in [3.05, 3.63) is 0 Å². The zero-order chi connectivity index (χ0) is 10.8. The molecule has 2 aliphatic rings. The lowest BCUT2D eigenvalue weighted by Gasteiger charge is -2.36. The molecule has 86 valence electrons. The number of likely N-dealkylation sites (N-methyl/N-ethyl adjacent to an activating group) is 1. The predicted octanol–water partition coefficient (Wildman–Crippen LogP) is 0.533. The van der Waals surface area contributed by atoms with Gasteiger partial charge in [0.25, 0.3) is 0 Å². The van der Waals surface area contributed by atoms with E-state index in [-0.39, 0.29) is 5.92 Å². The van der Waals surface area contributed by atoms with Crippen LogP contribution in [0.5, 0.6) is 0 Å². The monoisotopic (exact) mass is 212 g/mol. The van der Waals surface area contributed by atoms with E-state index in [9.17, 15) is 4.79 Å². The summed E-state index contributed by atoms with van der Waals surface area (Å²) < 4.78 is 0. The standard InChI is InChI=1S/C11H20N2O2/c1-2-12-9-5-8(11(14)15)6-13(7-9)10-3-4-10/h8-10,12H,2-7H2,1H3,(H,14,15). The Morgan fingerprint density at radius 1 is 1.47 bits per heavy atom. The van der Waals surface area contributed by atoms with Crippen LogP contribution in [0.4, 0.5) is 0 Å². The van der Waals surface area contributed by atoms with Crippen molar-refractivity contribution in [2.24, 2.45) is 5.92 Å². The minimum Gasteiger partial charge on any atom is -0.481 e. The molecule has 0 amide bonds. The lowest BCUT2D eigenvalue weighted by molar-refractivity contribution is -0.144. The molecule has 4 heteroatoms. The maximum atomic E-state index is 11.0. The van der Waals surface area contributed by atoms with Crippen LogP contribution in [0.3, 0.4) is 0 Å². The van der Waals surface area contributed by atoms with E-state index >= 15 is 0 Å². The Hall–Kier alpha value is -0.610. The average molecular weight is 212 g/mol. The van der Waals surface area contributed by atoms with Gasteiger partial charge in [-0.15, -0.1) is 0 Å². The van der Waals surface area contributed by atoms with Gasteiger partial charge in [0.05, 0.1) is 5.92 Å². The smallest absolute Gasteiger partial charge is 0.307 e. The van der Waals surface area contributed by atoms with Gasteiger partial charge < -0.3 is 10.4 Å². The molecule has 1 heterocycles. The van der Waals surface area contributed by atoms with Crippen LogP contribution < -0.4 is 5.32 Å². The molecule has 2 atom stereocenters. The molecule has 1 aliphatic heterocycles. The Balaban J connectivity index is 1.94. The number of hydrogen-bond acceptors (Lipinski definition) is 3. The fourth-order valence-electron chi connectivity index (χ4n) is 2.49. The number of carboxylic acid groups (broad SMARTS) is 1. The predicted molar refractivity (Wildman–Crippen MR) is 57.8 cm³/mol. The molecule has 0 aromatic carbocycles. The first-order valence-corrected chi connectivity index (χ1v) is 5.91. The van der Waals surface area contributed by atoms with Crippen LogP contribution in [0.15, 0.2) is 0 Å². The molecule has 0 aromatic rings. The molecule has 0 spiro atoms. The molecule has 1 saturated heterocycles. The quantitative estimate of drug-likeness (QED) is 0.714. The van der Waals surface area contributed by atoms with Gasteiger partial charge in [0.15, 0.2) is 0 Å². The number of hydrogen-bond donors (Lipinski definition) is 2. The third-order valence-electron chi connectivity index (χ3n) is 3.38. The van der Waals surface area contributed by atoms with Crippen LogP contribution in [0, 0.1) is 5.92 Å². The lowest BCUT2D eigenvalue weighted by atomic mass is 9.94. The second kappa shape index (κ2) is 4.49. The number of nitrogens with one attached hydrogen (secondary N) is 1. The average Bonchev–Trinajstić information content (AvgIpc) is 3.01. The SMILES string of the molecule is CCNC1CC(C(=O)O)CN(C2CC2)C1. The van der Waals surface area contributed by atoms with Crippen molar-refractivity contribution < 1.29 is 9.90 Å². The largest absolute Gasteiger partial charge is 0.481 e. The molecule has 1 saturated carbocycles. The first kappa shape index (κ1) is 10.9. The van der Waals surface area contributed by atoms with Gasteiger partial charge in [0, 0.05) is 25.2 Å². The normalized spacial score (nSPS) is 32.9. The summed E-state index contributed by atoms with van der Waals surface area (Å²) in [6.07, 6.45) is 3.29. The van der Waals surface area contributed by atoms with E-state index in [2.05, 4.69) is 17.1 Å². The number of nitrogens with zero attached hydrogens (tertiary/aromatic N) is 1. The van der Waals surface area contributed by atoms with E-state index in [1.54, 1.807) is 0 Å². The highest BCUT2D eigenvalue weighted by atomic mass is 16.4. The van der Waals surface area contributed by atoms with Gasteiger partial charge in [-0.1, -0.05) is 6.92 Å². The zero-order valence-electron chi connectivity index (χ0n) is 9.28. The van der Waals surface area contributed by atoms with E-state index in [4.69, 9.17) is 5.11 Å². The molecule has 4 nitrogen and oxygen atoms in total. The summed E-state index contributed by atoms with van der Waals surface area (Å²) in [5.74, 6) is -0.813. The molecular weight excluding hydrogens is 192 g/mol. The maximum Gasteiger partial charge on any atom is 0.307 e. The number of carbonyl (C=O) groups is 1. The minimum atomic E-state index is -0.636. The molecule has 2 rings (SSSR count). The molecule has 0 bridgehead atoms. The summed E-state index contributed by atoms with van der Waals surface area (Å²) in [5.41, 5.74) is 0. The molecule has 0 aromatic heterocycles. The third-order valence-corrected chi connectivity index (χ3v) is 3.38. The number of carboxylic acids is 1. The van der Waals surface area contributed by atoms with Gasteiger partial charge in [0.1, 0.15) is 0 Å². The van der Waals surface area contributed by atoms with Gasteiger partial charge in [0.2, 0.25) is 0 Å². The second-order valence-electron chi connectivity index (χ2n) is 4.71. The summed E-state index contributed by atoms with van der Waals surface area (Å²) >= 11 is 0. The van der Waals surface area contributed by atoms with Crippen LogP contribution in [-0.2, 0) is 4.79 Å². The highest BCUT2D eigenvalue weighted by molar-refractivity contribution is 5.70. The van der Waals surface area contributed by atoms with E-state index in [0.717, 1.165) is 26.1 Å². The summed E-state index contributed by atoms with van der Waals surface area (Å²) in [5, 5.41) is 12.5. The van der Waals surface area contributed by atoms with E-state index in [1.807, 2.05) is 0 Å². The molecule has 0 radical (unpaired) electrons. The van der Waals surface area contributed by atoms with Crippen LogP contribution in [0.25, 0.3) is 0 Å². The number of likely N-dealkylation sites (tertiary alicyclic amines) is 1. The highest BCUT2D eigenvalue weighted by Crippen LogP contribution is 2.31. The lowest BCUT2D eigenvalue weighted by Crippen LogP contribution is -2.51. The molecule has 2 fully saturated rings. The van der Waals surface area contributed by atoms with Crippen molar-refractivity contribution in [2.75, 3.05) is 19.6 Å². The molecule has 2 N–H and O–H groups in total. The molecule has 2 unspecified atom stereocenters. The highest BCUT2D eigenvalue weighted by Gasteiger charge is 2.38. The Bertz CT molecular complexity index is 241. The first-order valence-electron chi connectivity index (χ1n) is 5.91. The maximum absolute atomic E-state index is 11.0. The second-order valence-corrected chi connectivity index (χ2v) is 4.71. The topological polar surface area (TPSA) is 52.6 Å². The van der Waals surface area contributed by atoms with Crippen molar-refractivity contribution in [3.8, 4) is 0 Å². The zero-order valence-corrected chi connectivity index (χ0v) is 9.28. The van der Waals surface area contributed by atoms with Crippen LogP contribution in [-0.4, -0.2) is 47.7 Å². The van der Waals surface area contributed by atoms with Gasteiger partial charge in [-0.05, 0) is 25.8 Å². The van der Waals surface area contributed by atoms with Crippen molar-refractivity contribution >= 4 is 5.97 Å². The minimum absolute atomic E-state index is 0.177. The first-order chi connectivity index (χ1) is 7.20. The van der Waals surface area contributed by atoms with Gasteiger partial charge in [-0.2, -0.15) is 0 Å². The van der Waals surface area contributed by atoms with Gasteiger partial charge in [-0.25, -0.2) is 0 Å². The Labute approximate surface area is 90.6 Å². The number of piperidine rings is 1. The molecule has 15 heavy (non-hydrogen) atoms. The van der Waals surface area contributed by atoms with Crippen molar-refractivity contribution in [2.45, 2.75) is 38.3 Å². The summed E-state index contributed by atoms with van der Waals surface area (Å²) in [7, 11) is 0. The van der Waals surface area contributed by atoms with Gasteiger partial charge in [-0.3, -0.25) is 9.69 Å². The molecular formula is C11H20N2O2.